The lowest BCUT2D eigenvalue weighted by Crippen LogP contribution is -1.87. The molecule has 1 N–H and O–H groups in total. The highest BCUT2D eigenvalue weighted by molar-refractivity contribution is 6.30. The predicted octanol–water partition coefficient (Wildman–Crippen LogP) is 6.07. The predicted molar refractivity (Wildman–Crippen MR) is 108 cm³/mol. The minimum Gasteiger partial charge on any atom is -0.457 e. The number of fused-ring (bicyclic) bond motifs is 1. The van der Waals surface area contributed by atoms with Crippen LogP contribution in [0.3, 0.4) is 0 Å². The Morgan fingerprint density at radius 2 is 1.81 bits per heavy atom. The summed E-state index contributed by atoms with van der Waals surface area (Å²) < 4.78 is 5.85. The number of halogens is 1. The quantitative estimate of drug-likeness (QED) is 0.442. The Hall–Kier alpha value is -3.55. The Morgan fingerprint density at radius 3 is 2.59 bits per heavy atom. The fourth-order valence-electron chi connectivity index (χ4n) is 2.71. The van der Waals surface area contributed by atoms with Gasteiger partial charge in [0.2, 0.25) is 0 Å². The number of ether oxygens (including phenoxy) is 1. The molecule has 0 radical (unpaired) electrons. The summed E-state index contributed by atoms with van der Waals surface area (Å²) in [5, 5.41) is 10.2. The van der Waals surface area contributed by atoms with E-state index in [4.69, 9.17) is 16.3 Å². The number of imidazole rings is 1. The van der Waals surface area contributed by atoms with Gasteiger partial charge in [-0.25, -0.2) is 4.98 Å². The molecule has 4 rings (SSSR count). The highest BCUT2D eigenvalue weighted by atomic mass is 35.5. The SMILES string of the molecule is N#C/C(=C\c1cccc(Oc2ccc(Cl)cc2)c1)c1nc2ccccc2[nH]1. The molecule has 5 heteroatoms. The van der Waals surface area contributed by atoms with Crippen LogP contribution in [0.1, 0.15) is 11.4 Å². The molecule has 1 aromatic heterocycles. The molecule has 27 heavy (non-hydrogen) atoms. The standard InChI is InChI=1S/C22H14ClN3O/c23-17-8-10-18(11-9-17)27-19-5-3-4-15(13-19)12-16(14-24)22-25-20-6-1-2-7-21(20)26-22/h1-13H,(H,25,26)/b16-12+. The third-order valence-electron chi connectivity index (χ3n) is 3.98. The van der Waals surface area contributed by atoms with Gasteiger partial charge in [0.15, 0.2) is 0 Å². The van der Waals surface area contributed by atoms with E-state index >= 15 is 0 Å². The number of nitriles is 1. The fourth-order valence-corrected chi connectivity index (χ4v) is 2.83. The van der Waals surface area contributed by atoms with Crippen LogP contribution in [0.2, 0.25) is 5.02 Å². The van der Waals surface area contributed by atoms with Gasteiger partial charge in [-0.2, -0.15) is 5.26 Å². The van der Waals surface area contributed by atoms with Crippen LogP contribution in [-0.2, 0) is 0 Å². The second-order valence-electron chi connectivity index (χ2n) is 5.90. The molecule has 0 aliphatic rings. The summed E-state index contributed by atoms with van der Waals surface area (Å²) in [7, 11) is 0. The van der Waals surface area contributed by atoms with Crippen LogP contribution in [-0.4, -0.2) is 9.97 Å². The second kappa shape index (κ2) is 7.36. The van der Waals surface area contributed by atoms with Crippen LogP contribution in [0.5, 0.6) is 11.5 Å². The minimum atomic E-state index is 0.454. The fraction of sp³-hybridized carbons (Fsp3) is 0. The van der Waals surface area contributed by atoms with Crippen molar-refractivity contribution < 1.29 is 4.74 Å². The first kappa shape index (κ1) is 16.9. The molecule has 0 amide bonds. The molecule has 0 atom stereocenters. The number of aromatic amines is 1. The lowest BCUT2D eigenvalue weighted by atomic mass is 10.1. The average Bonchev–Trinajstić information content (AvgIpc) is 3.12. The Balaban J connectivity index is 1.63. The van der Waals surface area contributed by atoms with E-state index in [0.717, 1.165) is 16.6 Å². The summed E-state index contributed by atoms with van der Waals surface area (Å²) in [5.74, 6) is 1.91. The molecular formula is C22H14ClN3O. The molecule has 0 unspecified atom stereocenters. The third kappa shape index (κ3) is 3.84. The van der Waals surface area contributed by atoms with Gasteiger partial charge in [-0.05, 0) is 60.2 Å². The monoisotopic (exact) mass is 371 g/mol. The lowest BCUT2D eigenvalue weighted by molar-refractivity contribution is 0.482. The number of rotatable bonds is 4. The molecule has 0 bridgehead atoms. The molecule has 0 saturated carbocycles. The van der Waals surface area contributed by atoms with Crippen LogP contribution in [0.4, 0.5) is 0 Å². The Kier molecular flexibility index (Phi) is 4.61. The normalized spacial score (nSPS) is 11.3. The van der Waals surface area contributed by atoms with E-state index in [2.05, 4.69) is 16.0 Å². The number of nitrogens with zero attached hydrogens (tertiary/aromatic N) is 2. The number of allylic oxidation sites excluding steroid dienone is 1. The number of para-hydroxylation sites is 2. The van der Waals surface area contributed by atoms with Crippen LogP contribution < -0.4 is 4.74 Å². The maximum Gasteiger partial charge on any atom is 0.149 e. The zero-order valence-electron chi connectivity index (χ0n) is 14.2. The zero-order valence-corrected chi connectivity index (χ0v) is 14.9. The van der Waals surface area contributed by atoms with E-state index in [0.29, 0.717) is 27.9 Å². The van der Waals surface area contributed by atoms with E-state index in [1.54, 1.807) is 30.3 Å². The second-order valence-corrected chi connectivity index (χ2v) is 6.34. The molecule has 1 heterocycles. The molecule has 3 aromatic carbocycles. The summed E-state index contributed by atoms with van der Waals surface area (Å²) in [6.45, 7) is 0. The highest BCUT2D eigenvalue weighted by Gasteiger charge is 2.08. The zero-order chi connectivity index (χ0) is 18.6. The van der Waals surface area contributed by atoms with Crippen LogP contribution in [0.15, 0.2) is 72.8 Å². The molecule has 4 aromatic rings. The first-order valence-corrected chi connectivity index (χ1v) is 8.69. The number of hydrogen-bond donors (Lipinski definition) is 1. The van der Waals surface area contributed by atoms with E-state index < -0.39 is 0 Å². The van der Waals surface area contributed by atoms with Gasteiger partial charge in [-0.15, -0.1) is 0 Å². The van der Waals surface area contributed by atoms with Gasteiger partial charge in [-0.1, -0.05) is 35.9 Å². The summed E-state index contributed by atoms with van der Waals surface area (Å²) in [6.07, 6.45) is 1.78. The Morgan fingerprint density at radius 1 is 1.00 bits per heavy atom. The van der Waals surface area contributed by atoms with Gasteiger partial charge in [0.25, 0.3) is 0 Å². The van der Waals surface area contributed by atoms with Crippen molar-refractivity contribution >= 4 is 34.3 Å². The number of aromatic nitrogens is 2. The van der Waals surface area contributed by atoms with E-state index in [1.165, 1.54) is 0 Å². The largest absolute Gasteiger partial charge is 0.457 e. The Labute approximate surface area is 161 Å². The van der Waals surface area contributed by atoms with Gasteiger partial charge in [-0.3, -0.25) is 0 Å². The van der Waals surface area contributed by atoms with Gasteiger partial charge in [0.05, 0.1) is 16.6 Å². The van der Waals surface area contributed by atoms with Crippen LogP contribution >= 0.6 is 11.6 Å². The van der Waals surface area contributed by atoms with Crippen molar-refractivity contribution in [3.8, 4) is 17.6 Å². The number of nitrogens with one attached hydrogen (secondary N) is 1. The van der Waals surface area contributed by atoms with Crippen LogP contribution in [0.25, 0.3) is 22.7 Å². The smallest absolute Gasteiger partial charge is 0.149 e. The molecule has 130 valence electrons. The van der Waals surface area contributed by atoms with E-state index in [9.17, 15) is 5.26 Å². The molecule has 0 fully saturated rings. The molecular weight excluding hydrogens is 358 g/mol. The van der Waals surface area contributed by atoms with Crippen molar-refractivity contribution in [1.82, 2.24) is 9.97 Å². The summed E-state index contributed by atoms with van der Waals surface area (Å²) in [6, 6.07) is 24.6. The number of hydrogen-bond acceptors (Lipinski definition) is 3. The number of H-pyrrole nitrogens is 1. The molecule has 0 saturated heterocycles. The van der Waals surface area contributed by atoms with E-state index in [1.807, 2.05) is 48.5 Å². The summed E-state index contributed by atoms with van der Waals surface area (Å²) in [4.78, 5) is 7.67. The van der Waals surface area contributed by atoms with Crippen molar-refractivity contribution in [1.29, 1.82) is 5.26 Å². The van der Waals surface area contributed by atoms with Crippen molar-refractivity contribution in [3.05, 3.63) is 89.2 Å². The number of benzene rings is 3. The minimum absolute atomic E-state index is 0.454. The Bertz CT molecular complexity index is 1140. The summed E-state index contributed by atoms with van der Waals surface area (Å²) in [5.41, 5.74) is 3.02. The molecule has 0 spiro atoms. The first-order chi connectivity index (χ1) is 13.2. The van der Waals surface area contributed by atoms with E-state index in [-0.39, 0.29) is 0 Å². The van der Waals surface area contributed by atoms with Gasteiger partial charge in [0, 0.05) is 5.02 Å². The third-order valence-corrected chi connectivity index (χ3v) is 4.24. The van der Waals surface area contributed by atoms with Crippen molar-refractivity contribution in [3.63, 3.8) is 0 Å². The maximum absolute atomic E-state index is 9.57. The van der Waals surface area contributed by atoms with Gasteiger partial charge < -0.3 is 9.72 Å². The van der Waals surface area contributed by atoms with Crippen molar-refractivity contribution in [2.75, 3.05) is 0 Å². The summed E-state index contributed by atoms with van der Waals surface area (Å²) >= 11 is 5.90. The highest BCUT2D eigenvalue weighted by Crippen LogP contribution is 2.25. The van der Waals surface area contributed by atoms with Crippen LogP contribution in [0, 0.1) is 11.3 Å². The van der Waals surface area contributed by atoms with Gasteiger partial charge >= 0.3 is 0 Å². The topological polar surface area (TPSA) is 61.7 Å². The maximum atomic E-state index is 9.57. The molecule has 4 nitrogen and oxygen atoms in total. The molecule has 0 aliphatic heterocycles. The molecule has 0 aliphatic carbocycles. The van der Waals surface area contributed by atoms with Crippen molar-refractivity contribution in [2.45, 2.75) is 0 Å². The van der Waals surface area contributed by atoms with Crippen molar-refractivity contribution in [2.24, 2.45) is 0 Å². The lowest BCUT2D eigenvalue weighted by Gasteiger charge is -2.06. The first-order valence-electron chi connectivity index (χ1n) is 8.32. The van der Waals surface area contributed by atoms with Gasteiger partial charge in [0.1, 0.15) is 23.4 Å². The average molecular weight is 372 g/mol.